The topological polar surface area (TPSA) is 54.9 Å². The number of hydrogen-bond donors (Lipinski definition) is 1. The monoisotopic (exact) mass is 288 g/mol. The molecule has 4 nitrogen and oxygen atoms in total. The quantitative estimate of drug-likeness (QED) is 0.527. The van der Waals surface area contributed by atoms with Gasteiger partial charge in [0.1, 0.15) is 11.7 Å². The van der Waals surface area contributed by atoms with Crippen molar-refractivity contribution in [3.05, 3.63) is 58.5 Å². The number of benzene rings is 1. The summed E-state index contributed by atoms with van der Waals surface area (Å²) < 4.78 is 10.8. The van der Waals surface area contributed by atoms with E-state index in [2.05, 4.69) is 17.4 Å². The summed E-state index contributed by atoms with van der Waals surface area (Å²) in [5, 5.41) is 0. The first-order chi connectivity index (χ1) is 9.63. The van der Waals surface area contributed by atoms with Crippen molar-refractivity contribution in [2.45, 2.75) is 17.7 Å². The lowest BCUT2D eigenvalue weighted by molar-refractivity contribution is -0.0143. The van der Waals surface area contributed by atoms with Crippen molar-refractivity contribution in [1.82, 2.24) is 0 Å². The zero-order chi connectivity index (χ0) is 14.7. The van der Waals surface area contributed by atoms with Crippen LogP contribution >= 0.6 is 12.6 Å². The fraction of sp³-hybridized carbons (Fsp3) is 0.267. The van der Waals surface area contributed by atoms with E-state index < -0.39 is 0 Å². The Balaban J connectivity index is 2.68. The molecule has 20 heavy (non-hydrogen) atoms. The Labute approximate surface area is 123 Å². The van der Waals surface area contributed by atoms with Crippen LogP contribution in [0.4, 0.5) is 0 Å². The van der Waals surface area contributed by atoms with E-state index in [-0.39, 0.29) is 5.92 Å². The highest BCUT2D eigenvalue weighted by Crippen LogP contribution is 2.37. The fourth-order valence-corrected chi connectivity index (χ4v) is 2.70. The van der Waals surface area contributed by atoms with E-state index in [9.17, 15) is 5.53 Å². The molecule has 0 spiro atoms. The number of allylic oxidation sites excluding steroid dienone is 4. The van der Waals surface area contributed by atoms with E-state index in [1.54, 1.807) is 20.3 Å². The molecule has 0 bridgehead atoms. The molecular weight excluding hydrogens is 272 g/mol. The van der Waals surface area contributed by atoms with Gasteiger partial charge in [0.25, 0.3) is 0 Å². The molecule has 1 aromatic carbocycles. The van der Waals surface area contributed by atoms with Crippen LogP contribution in [0.5, 0.6) is 0 Å². The summed E-state index contributed by atoms with van der Waals surface area (Å²) in [6.45, 7) is 1.93. The van der Waals surface area contributed by atoms with Crippen molar-refractivity contribution in [2.24, 2.45) is 0 Å². The van der Waals surface area contributed by atoms with Crippen LogP contribution in [0.1, 0.15) is 18.4 Å². The SMILES string of the molecule is COC1=CC(C)=C(OC)C(c2ccccc2S)C1=[N+]=[N-]. The maximum atomic E-state index is 9.38. The first kappa shape index (κ1) is 14.4. The predicted octanol–water partition coefficient (Wildman–Crippen LogP) is 3.19. The molecule has 1 atom stereocenters. The molecule has 1 aliphatic carbocycles. The van der Waals surface area contributed by atoms with Crippen molar-refractivity contribution in [3.8, 4) is 0 Å². The molecule has 1 aromatic rings. The van der Waals surface area contributed by atoms with Crippen molar-refractivity contribution in [2.75, 3.05) is 14.2 Å². The van der Waals surface area contributed by atoms with Crippen molar-refractivity contribution in [3.63, 3.8) is 0 Å². The summed E-state index contributed by atoms with van der Waals surface area (Å²) in [7, 11) is 3.15. The second-order valence-corrected chi connectivity index (χ2v) is 4.92. The minimum Gasteiger partial charge on any atom is -0.500 e. The van der Waals surface area contributed by atoms with Gasteiger partial charge in [0.2, 0.25) is 5.76 Å². The second kappa shape index (κ2) is 5.99. The average molecular weight is 288 g/mol. The van der Waals surface area contributed by atoms with Gasteiger partial charge in [-0.2, -0.15) is 4.79 Å². The molecular formula is C15H16N2O2S. The van der Waals surface area contributed by atoms with E-state index in [0.29, 0.717) is 11.5 Å². The molecule has 1 unspecified atom stereocenters. The van der Waals surface area contributed by atoms with Crippen LogP contribution in [0.25, 0.3) is 5.53 Å². The molecule has 0 amide bonds. The Bertz CT molecular complexity index is 643. The Kier molecular flexibility index (Phi) is 4.32. The summed E-state index contributed by atoms with van der Waals surface area (Å²) in [6, 6.07) is 7.64. The molecule has 0 fully saturated rings. The van der Waals surface area contributed by atoms with Gasteiger partial charge in [-0.1, -0.05) is 18.2 Å². The molecule has 0 N–H and O–H groups in total. The Morgan fingerprint density at radius 3 is 2.45 bits per heavy atom. The lowest BCUT2D eigenvalue weighted by Crippen LogP contribution is -2.25. The van der Waals surface area contributed by atoms with Crippen LogP contribution in [0.3, 0.4) is 0 Å². The molecule has 0 aromatic heterocycles. The third-order valence-corrected chi connectivity index (χ3v) is 3.73. The highest BCUT2D eigenvalue weighted by Gasteiger charge is 2.39. The molecule has 0 saturated heterocycles. The number of ether oxygens (including phenoxy) is 2. The number of thiol groups is 1. The molecule has 1 aliphatic rings. The number of rotatable bonds is 3. The summed E-state index contributed by atoms with van der Waals surface area (Å²) in [5.74, 6) is 0.908. The van der Waals surface area contributed by atoms with Crippen molar-refractivity contribution >= 4 is 18.3 Å². The Morgan fingerprint density at radius 1 is 1.20 bits per heavy atom. The van der Waals surface area contributed by atoms with Gasteiger partial charge in [0, 0.05) is 4.90 Å². The summed E-state index contributed by atoms with van der Waals surface area (Å²) in [5.41, 5.74) is 11.6. The lowest BCUT2D eigenvalue weighted by Gasteiger charge is -2.23. The largest absolute Gasteiger partial charge is 0.500 e. The molecule has 0 heterocycles. The van der Waals surface area contributed by atoms with Gasteiger partial charge in [-0.05, 0) is 30.2 Å². The van der Waals surface area contributed by atoms with Crippen molar-refractivity contribution < 1.29 is 14.3 Å². The Morgan fingerprint density at radius 2 is 1.90 bits per heavy atom. The van der Waals surface area contributed by atoms with Gasteiger partial charge in [-0.3, -0.25) is 0 Å². The summed E-state index contributed by atoms with van der Waals surface area (Å²) in [4.78, 5) is 4.21. The molecule has 2 rings (SSSR count). The third kappa shape index (κ3) is 2.38. The van der Waals surface area contributed by atoms with Gasteiger partial charge in [-0.25, -0.2) is 0 Å². The van der Waals surface area contributed by atoms with Gasteiger partial charge in [-0.15, -0.1) is 12.6 Å². The second-order valence-electron chi connectivity index (χ2n) is 4.44. The van der Waals surface area contributed by atoms with Gasteiger partial charge < -0.3 is 15.0 Å². The minimum absolute atomic E-state index is 0.335. The van der Waals surface area contributed by atoms with E-state index in [0.717, 1.165) is 21.8 Å². The standard InChI is InChI=1S/C15H16N2O2S/c1-9-8-11(18-2)14(17-16)13(15(9)19-3)10-6-4-5-7-12(10)20/h4-8,13,20H,1-3H3. The van der Waals surface area contributed by atoms with E-state index in [4.69, 9.17) is 9.47 Å². The first-order valence-electron chi connectivity index (χ1n) is 6.14. The summed E-state index contributed by atoms with van der Waals surface area (Å²) in [6.07, 6.45) is 1.80. The average Bonchev–Trinajstić information content (AvgIpc) is 2.46. The zero-order valence-corrected chi connectivity index (χ0v) is 12.5. The van der Waals surface area contributed by atoms with Crippen LogP contribution in [-0.2, 0) is 9.47 Å². The van der Waals surface area contributed by atoms with E-state index in [1.165, 1.54) is 0 Å². The smallest absolute Gasteiger partial charge is 0.348 e. The van der Waals surface area contributed by atoms with Crippen molar-refractivity contribution in [1.29, 1.82) is 0 Å². The van der Waals surface area contributed by atoms with Gasteiger partial charge >= 0.3 is 5.71 Å². The number of hydrogen-bond acceptors (Lipinski definition) is 3. The normalized spacial score (nSPS) is 18.5. The Hall–Kier alpha value is -1.97. The first-order valence-corrected chi connectivity index (χ1v) is 6.59. The van der Waals surface area contributed by atoms with Crippen LogP contribution < -0.4 is 0 Å². The molecule has 0 aliphatic heterocycles. The molecule has 5 heteroatoms. The van der Waals surface area contributed by atoms with E-state index >= 15 is 0 Å². The number of nitrogens with zero attached hydrogens (tertiary/aromatic N) is 2. The molecule has 0 radical (unpaired) electrons. The van der Waals surface area contributed by atoms with Crippen LogP contribution in [0, 0.1) is 0 Å². The highest BCUT2D eigenvalue weighted by molar-refractivity contribution is 7.80. The van der Waals surface area contributed by atoms with Crippen LogP contribution in [-0.4, -0.2) is 24.7 Å². The third-order valence-electron chi connectivity index (χ3n) is 3.32. The van der Waals surface area contributed by atoms with Gasteiger partial charge in [0.15, 0.2) is 0 Å². The van der Waals surface area contributed by atoms with Crippen LogP contribution in [0.2, 0.25) is 0 Å². The van der Waals surface area contributed by atoms with Crippen LogP contribution in [0.15, 0.2) is 52.3 Å². The highest BCUT2D eigenvalue weighted by atomic mass is 32.1. The maximum Gasteiger partial charge on any atom is 0.348 e. The summed E-state index contributed by atoms with van der Waals surface area (Å²) >= 11 is 4.48. The fourth-order valence-electron chi connectivity index (χ4n) is 2.41. The minimum atomic E-state index is -0.335. The van der Waals surface area contributed by atoms with E-state index in [1.807, 2.05) is 31.2 Å². The van der Waals surface area contributed by atoms with Gasteiger partial charge in [0.05, 0.1) is 14.2 Å². The molecule has 0 saturated carbocycles. The lowest BCUT2D eigenvalue weighted by atomic mass is 9.85. The predicted molar refractivity (Wildman–Crippen MR) is 79.9 cm³/mol. The maximum absolute atomic E-state index is 9.38. The molecule has 104 valence electrons. The zero-order valence-electron chi connectivity index (χ0n) is 11.6. The number of methoxy groups -OCH3 is 2.